The van der Waals surface area contributed by atoms with Crippen molar-refractivity contribution < 1.29 is 18.0 Å². The number of amides is 2. The molecule has 30 heavy (non-hydrogen) atoms. The number of benzene rings is 3. The fraction of sp³-hybridized carbons (Fsp3) is 0.136. The molecule has 0 heterocycles. The Morgan fingerprint density at radius 2 is 1.60 bits per heavy atom. The van der Waals surface area contributed by atoms with Crippen LogP contribution in [-0.2, 0) is 20.6 Å². The summed E-state index contributed by atoms with van der Waals surface area (Å²) in [5, 5.41) is 13.2. The number of hydrogen-bond acceptors (Lipinski definition) is 5. The van der Waals surface area contributed by atoms with Crippen molar-refractivity contribution in [1.82, 2.24) is 9.62 Å². The topological polar surface area (TPSA) is 107 Å². The van der Waals surface area contributed by atoms with E-state index in [9.17, 15) is 18.0 Å². The Labute approximate surface area is 174 Å². The van der Waals surface area contributed by atoms with E-state index in [2.05, 4.69) is 5.32 Å². The van der Waals surface area contributed by atoms with Gasteiger partial charge < -0.3 is 5.32 Å². The summed E-state index contributed by atoms with van der Waals surface area (Å²) in [5.74, 6) is -1.80. The largest absolute Gasteiger partial charge is 0.343 e. The summed E-state index contributed by atoms with van der Waals surface area (Å²) < 4.78 is 25.8. The van der Waals surface area contributed by atoms with Gasteiger partial charge in [0.2, 0.25) is 10.0 Å². The number of nitriles is 1. The highest BCUT2D eigenvalue weighted by Gasteiger charge is 2.27. The first-order valence-electron chi connectivity index (χ1n) is 9.12. The second-order valence-corrected chi connectivity index (χ2v) is 8.44. The molecule has 0 fully saturated rings. The van der Waals surface area contributed by atoms with E-state index in [1.54, 1.807) is 54.6 Å². The second kappa shape index (κ2) is 9.20. The molecule has 0 aliphatic carbocycles. The lowest BCUT2D eigenvalue weighted by atomic mass is 10.1. The third-order valence-corrected chi connectivity index (χ3v) is 6.13. The van der Waals surface area contributed by atoms with E-state index in [1.165, 1.54) is 0 Å². The number of carbonyl (C=O) groups is 2. The Morgan fingerprint density at radius 3 is 2.30 bits per heavy atom. The minimum Gasteiger partial charge on any atom is -0.343 e. The van der Waals surface area contributed by atoms with E-state index in [0.29, 0.717) is 15.4 Å². The quantitative estimate of drug-likeness (QED) is 0.590. The summed E-state index contributed by atoms with van der Waals surface area (Å²) in [6.07, 6.45) is 0. The van der Waals surface area contributed by atoms with Crippen LogP contribution >= 0.6 is 0 Å². The first-order valence-corrected chi connectivity index (χ1v) is 10.7. The number of nitrogens with one attached hydrogen (secondary N) is 1. The number of rotatable bonds is 7. The number of fused-ring (bicyclic) bond motifs is 1. The minimum absolute atomic E-state index is 0.348. The monoisotopic (exact) mass is 421 g/mol. The van der Waals surface area contributed by atoms with Crippen molar-refractivity contribution in [2.75, 3.05) is 13.1 Å². The lowest BCUT2D eigenvalue weighted by Gasteiger charge is -2.20. The summed E-state index contributed by atoms with van der Waals surface area (Å²) in [6.45, 7) is -1.17. The average Bonchev–Trinajstić information content (AvgIpc) is 2.75. The molecule has 0 aliphatic rings. The highest BCUT2D eigenvalue weighted by Crippen LogP contribution is 2.16. The normalized spacial score (nSPS) is 10.9. The summed E-state index contributed by atoms with van der Waals surface area (Å²) in [6, 6.07) is 22.7. The van der Waals surface area contributed by atoms with Gasteiger partial charge in [-0.2, -0.15) is 5.26 Å². The van der Waals surface area contributed by atoms with Crippen molar-refractivity contribution in [2.24, 2.45) is 0 Å². The van der Waals surface area contributed by atoms with Crippen LogP contribution in [0.3, 0.4) is 0 Å². The van der Waals surface area contributed by atoms with Gasteiger partial charge in [0.25, 0.3) is 11.8 Å². The summed E-state index contributed by atoms with van der Waals surface area (Å²) in [4.78, 5) is 24.9. The van der Waals surface area contributed by atoms with Crippen LogP contribution in [0.15, 0.2) is 72.8 Å². The first-order chi connectivity index (χ1) is 14.4. The minimum atomic E-state index is -4.07. The smallest absolute Gasteiger partial charge is 0.256 e. The molecule has 8 heteroatoms. The molecule has 0 saturated heterocycles. The van der Waals surface area contributed by atoms with Gasteiger partial charge in [-0.15, -0.1) is 0 Å². The zero-order valence-corrected chi connectivity index (χ0v) is 16.8. The number of hydrogen-bond donors (Lipinski definition) is 1. The van der Waals surface area contributed by atoms with Crippen LogP contribution < -0.4 is 5.32 Å². The van der Waals surface area contributed by atoms with Crippen LogP contribution in [0.1, 0.15) is 15.9 Å². The van der Waals surface area contributed by atoms with Crippen LogP contribution in [0.4, 0.5) is 0 Å². The molecule has 0 aromatic heterocycles. The van der Waals surface area contributed by atoms with Gasteiger partial charge in [0.15, 0.2) is 0 Å². The van der Waals surface area contributed by atoms with Crippen molar-refractivity contribution in [3.05, 3.63) is 83.9 Å². The van der Waals surface area contributed by atoms with E-state index >= 15 is 0 Å². The maximum atomic E-state index is 12.6. The Morgan fingerprint density at radius 1 is 0.933 bits per heavy atom. The van der Waals surface area contributed by atoms with Crippen LogP contribution in [0.25, 0.3) is 10.8 Å². The fourth-order valence-corrected chi connectivity index (χ4v) is 4.34. The number of carbonyl (C=O) groups excluding carboxylic acids is 2. The van der Waals surface area contributed by atoms with Gasteiger partial charge in [0, 0.05) is 5.56 Å². The average molecular weight is 421 g/mol. The molecule has 3 rings (SSSR count). The van der Waals surface area contributed by atoms with Gasteiger partial charge in [-0.1, -0.05) is 60.7 Å². The molecule has 0 unspecified atom stereocenters. The maximum absolute atomic E-state index is 12.6. The molecule has 0 saturated carbocycles. The molecular weight excluding hydrogens is 402 g/mol. The highest BCUT2D eigenvalue weighted by molar-refractivity contribution is 7.88. The molecule has 3 aromatic rings. The van der Waals surface area contributed by atoms with Gasteiger partial charge in [0.1, 0.15) is 6.54 Å². The third-order valence-electron chi connectivity index (χ3n) is 4.43. The molecule has 0 radical (unpaired) electrons. The predicted octanol–water partition coefficient (Wildman–Crippen LogP) is 2.45. The molecule has 7 nitrogen and oxygen atoms in total. The number of nitrogens with zero attached hydrogens (tertiary/aromatic N) is 2. The zero-order valence-electron chi connectivity index (χ0n) is 16.0. The fourth-order valence-electron chi connectivity index (χ4n) is 2.95. The summed E-state index contributed by atoms with van der Waals surface area (Å²) >= 11 is 0. The van der Waals surface area contributed by atoms with Gasteiger partial charge in [-0.05, 0) is 28.5 Å². The summed E-state index contributed by atoms with van der Waals surface area (Å²) in [7, 11) is -4.07. The maximum Gasteiger partial charge on any atom is 0.256 e. The highest BCUT2D eigenvalue weighted by atomic mass is 32.2. The van der Waals surface area contributed by atoms with E-state index in [0.717, 1.165) is 10.8 Å². The van der Waals surface area contributed by atoms with Gasteiger partial charge >= 0.3 is 0 Å². The Bertz CT molecular complexity index is 1220. The molecule has 0 aliphatic heterocycles. The van der Waals surface area contributed by atoms with Crippen molar-refractivity contribution in [3.63, 3.8) is 0 Å². The van der Waals surface area contributed by atoms with Gasteiger partial charge in [0.05, 0.1) is 18.4 Å². The van der Waals surface area contributed by atoms with E-state index in [-0.39, 0.29) is 0 Å². The molecule has 0 bridgehead atoms. The molecule has 3 aromatic carbocycles. The summed E-state index contributed by atoms with van der Waals surface area (Å²) in [5.41, 5.74) is 0.842. The van der Waals surface area contributed by atoms with Crippen molar-refractivity contribution >= 4 is 32.6 Å². The van der Waals surface area contributed by atoms with Crippen molar-refractivity contribution in [2.45, 2.75) is 5.75 Å². The van der Waals surface area contributed by atoms with Gasteiger partial charge in [-0.3, -0.25) is 9.59 Å². The lowest BCUT2D eigenvalue weighted by Crippen LogP contribution is -2.44. The van der Waals surface area contributed by atoms with Crippen LogP contribution in [0.2, 0.25) is 0 Å². The molecular formula is C22H19N3O4S. The Balaban J connectivity index is 1.69. The molecule has 0 spiro atoms. The van der Waals surface area contributed by atoms with Gasteiger partial charge in [-0.25, -0.2) is 12.7 Å². The zero-order chi connectivity index (χ0) is 21.6. The number of sulfonamides is 1. The molecule has 1 N–H and O–H groups in total. The second-order valence-electron chi connectivity index (χ2n) is 6.54. The van der Waals surface area contributed by atoms with E-state index in [1.807, 2.05) is 24.3 Å². The van der Waals surface area contributed by atoms with E-state index < -0.39 is 40.7 Å². The molecule has 152 valence electrons. The van der Waals surface area contributed by atoms with Crippen LogP contribution in [0.5, 0.6) is 0 Å². The first kappa shape index (κ1) is 21.0. The Kier molecular flexibility index (Phi) is 6.45. The van der Waals surface area contributed by atoms with Crippen molar-refractivity contribution in [1.29, 1.82) is 5.26 Å². The third kappa shape index (κ3) is 5.01. The lowest BCUT2D eigenvalue weighted by molar-refractivity contribution is -0.125. The predicted molar refractivity (Wildman–Crippen MR) is 113 cm³/mol. The van der Waals surface area contributed by atoms with Crippen LogP contribution in [0, 0.1) is 11.3 Å². The Hall–Kier alpha value is -3.70. The van der Waals surface area contributed by atoms with E-state index in [4.69, 9.17) is 5.26 Å². The van der Waals surface area contributed by atoms with Crippen LogP contribution in [-0.4, -0.2) is 37.6 Å². The van der Waals surface area contributed by atoms with Crippen molar-refractivity contribution in [3.8, 4) is 6.07 Å². The SMILES string of the molecule is N#CCN(C(=O)CNC(=O)c1ccc2ccccc2c1)S(=O)(=O)Cc1ccccc1. The standard InChI is InChI=1S/C22H19N3O4S/c23-12-13-25(30(28,29)16-17-6-2-1-3-7-17)21(26)15-24-22(27)20-11-10-18-8-4-5-9-19(18)14-20/h1-11,14H,13,15-16H2,(H,24,27). The molecule has 2 amide bonds. The molecule has 0 atom stereocenters.